The van der Waals surface area contributed by atoms with Crippen molar-refractivity contribution in [2.45, 2.75) is 13.8 Å². The monoisotopic (exact) mass is 344 g/mol. The molecule has 0 saturated carbocycles. The summed E-state index contributed by atoms with van der Waals surface area (Å²) in [6, 6.07) is 11.2. The molecule has 0 aliphatic rings. The molecule has 0 aliphatic carbocycles. The Bertz CT molecular complexity index is 744. The molecule has 0 aromatic heterocycles. The van der Waals surface area contributed by atoms with Crippen LogP contribution in [0, 0.1) is 17.0 Å². The van der Waals surface area contributed by atoms with Crippen LogP contribution in [-0.2, 0) is 4.74 Å². The van der Waals surface area contributed by atoms with E-state index in [9.17, 15) is 14.9 Å². The average Bonchev–Trinajstić information content (AvgIpc) is 2.60. The van der Waals surface area contributed by atoms with Gasteiger partial charge in [0.15, 0.2) is 0 Å². The van der Waals surface area contributed by atoms with Crippen molar-refractivity contribution in [3.8, 4) is 5.75 Å². The zero-order valence-electron chi connectivity index (χ0n) is 14.2. The van der Waals surface area contributed by atoms with E-state index in [1.54, 1.807) is 37.3 Å². The van der Waals surface area contributed by atoms with Crippen LogP contribution in [0.25, 0.3) is 0 Å². The second-order valence-electron chi connectivity index (χ2n) is 5.23. The van der Waals surface area contributed by atoms with Crippen LogP contribution in [0.5, 0.6) is 5.75 Å². The molecular formula is C18H20N2O5. The third-order valence-corrected chi connectivity index (χ3v) is 3.57. The minimum absolute atomic E-state index is 0.0316. The van der Waals surface area contributed by atoms with Gasteiger partial charge in [0.1, 0.15) is 12.4 Å². The standard InChI is InChI=1S/C18H20N2O5/c1-3-24-11-12-25-15-9-7-14(8-10-15)18(21)19-16-5-4-6-17(13(16)2)20(22)23/h4-10H,3,11-12H2,1-2H3,(H,19,21). The van der Waals surface area contributed by atoms with Crippen LogP contribution in [-0.4, -0.2) is 30.7 Å². The fourth-order valence-corrected chi connectivity index (χ4v) is 2.22. The predicted molar refractivity (Wildman–Crippen MR) is 94.2 cm³/mol. The second-order valence-corrected chi connectivity index (χ2v) is 5.23. The first-order valence-corrected chi connectivity index (χ1v) is 7.89. The van der Waals surface area contributed by atoms with E-state index >= 15 is 0 Å². The quantitative estimate of drug-likeness (QED) is 0.449. The van der Waals surface area contributed by atoms with E-state index in [2.05, 4.69) is 5.32 Å². The highest BCUT2D eigenvalue weighted by atomic mass is 16.6. The summed E-state index contributed by atoms with van der Waals surface area (Å²) in [4.78, 5) is 22.8. The molecule has 7 heteroatoms. The largest absolute Gasteiger partial charge is 0.491 e. The van der Waals surface area contributed by atoms with Crippen molar-refractivity contribution in [3.63, 3.8) is 0 Å². The van der Waals surface area contributed by atoms with Crippen LogP contribution in [0.3, 0.4) is 0 Å². The van der Waals surface area contributed by atoms with E-state index in [0.29, 0.717) is 42.4 Å². The van der Waals surface area contributed by atoms with E-state index in [1.807, 2.05) is 6.92 Å². The smallest absolute Gasteiger partial charge is 0.274 e. The number of anilines is 1. The molecule has 0 saturated heterocycles. The third-order valence-electron chi connectivity index (χ3n) is 3.57. The van der Waals surface area contributed by atoms with Gasteiger partial charge >= 0.3 is 0 Å². The van der Waals surface area contributed by atoms with Gasteiger partial charge in [0.25, 0.3) is 11.6 Å². The van der Waals surface area contributed by atoms with Crippen molar-refractivity contribution in [3.05, 3.63) is 63.7 Å². The first-order valence-electron chi connectivity index (χ1n) is 7.89. The lowest BCUT2D eigenvalue weighted by Gasteiger charge is -2.10. The third kappa shape index (κ3) is 5.02. The Morgan fingerprint density at radius 2 is 1.88 bits per heavy atom. The van der Waals surface area contributed by atoms with Crippen molar-refractivity contribution < 1.29 is 19.2 Å². The number of carbonyl (C=O) groups is 1. The number of hydrogen-bond donors (Lipinski definition) is 1. The number of hydrogen-bond acceptors (Lipinski definition) is 5. The van der Waals surface area contributed by atoms with Crippen molar-refractivity contribution in [2.24, 2.45) is 0 Å². The van der Waals surface area contributed by atoms with Crippen molar-refractivity contribution in [2.75, 3.05) is 25.1 Å². The molecule has 0 atom stereocenters. The van der Waals surface area contributed by atoms with Gasteiger partial charge in [0, 0.05) is 18.2 Å². The molecular weight excluding hydrogens is 324 g/mol. The van der Waals surface area contributed by atoms with Gasteiger partial charge in [-0.3, -0.25) is 14.9 Å². The maximum atomic E-state index is 12.3. The lowest BCUT2D eigenvalue weighted by atomic mass is 10.1. The van der Waals surface area contributed by atoms with Crippen LogP contribution >= 0.6 is 0 Å². The summed E-state index contributed by atoms with van der Waals surface area (Å²) >= 11 is 0. The molecule has 7 nitrogen and oxygen atoms in total. The molecule has 2 aromatic carbocycles. The number of nitrogens with one attached hydrogen (secondary N) is 1. The Morgan fingerprint density at radius 3 is 2.52 bits per heavy atom. The Hall–Kier alpha value is -2.93. The summed E-state index contributed by atoms with van der Waals surface area (Å²) in [5, 5.41) is 13.7. The van der Waals surface area contributed by atoms with Gasteiger partial charge in [-0.05, 0) is 44.2 Å². The first-order chi connectivity index (χ1) is 12.0. The highest BCUT2D eigenvalue weighted by Gasteiger charge is 2.15. The van der Waals surface area contributed by atoms with E-state index in [4.69, 9.17) is 9.47 Å². The number of ether oxygens (including phenoxy) is 2. The SMILES string of the molecule is CCOCCOc1ccc(C(=O)Nc2cccc([N+](=O)[O-])c2C)cc1. The van der Waals surface area contributed by atoms with E-state index in [-0.39, 0.29) is 11.6 Å². The zero-order chi connectivity index (χ0) is 18.2. The summed E-state index contributed by atoms with van der Waals surface area (Å²) < 4.78 is 10.7. The number of nitrogens with zero attached hydrogens (tertiary/aromatic N) is 1. The Labute approximate surface area is 145 Å². The summed E-state index contributed by atoms with van der Waals surface area (Å²) in [5.74, 6) is 0.298. The van der Waals surface area contributed by atoms with Gasteiger partial charge in [-0.15, -0.1) is 0 Å². The molecule has 25 heavy (non-hydrogen) atoms. The average molecular weight is 344 g/mol. The Morgan fingerprint density at radius 1 is 1.16 bits per heavy atom. The van der Waals surface area contributed by atoms with Gasteiger partial charge in [0.05, 0.1) is 22.8 Å². The van der Waals surface area contributed by atoms with Crippen LogP contribution in [0.2, 0.25) is 0 Å². The van der Waals surface area contributed by atoms with E-state index < -0.39 is 4.92 Å². The van der Waals surface area contributed by atoms with Crippen molar-refractivity contribution in [1.82, 2.24) is 0 Å². The summed E-state index contributed by atoms with van der Waals surface area (Å²) in [6.45, 7) is 5.09. The number of benzene rings is 2. The van der Waals surface area contributed by atoms with Crippen molar-refractivity contribution >= 4 is 17.3 Å². The molecule has 0 spiro atoms. The summed E-state index contributed by atoms with van der Waals surface area (Å²) in [6.07, 6.45) is 0. The van der Waals surface area contributed by atoms with Crippen molar-refractivity contribution in [1.29, 1.82) is 0 Å². The molecule has 0 aliphatic heterocycles. The van der Waals surface area contributed by atoms with E-state index in [0.717, 1.165) is 0 Å². The normalized spacial score (nSPS) is 10.3. The lowest BCUT2D eigenvalue weighted by Crippen LogP contribution is -2.13. The second kappa shape index (κ2) is 8.79. The Kier molecular flexibility index (Phi) is 6.47. The zero-order valence-corrected chi connectivity index (χ0v) is 14.2. The number of nitro groups is 1. The van der Waals surface area contributed by atoms with Crippen LogP contribution in [0.15, 0.2) is 42.5 Å². The molecule has 1 N–H and O–H groups in total. The van der Waals surface area contributed by atoms with Gasteiger partial charge in [0.2, 0.25) is 0 Å². The molecule has 132 valence electrons. The molecule has 2 rings (SSSR count). The van der Waals surface area contributed by atoms with Crippen LogP contribution in [0.4, 0.5) is 11.4 Å². The maximum absolute atomic E-state index is 12.3. The number of rotatable bonds is 8. The lowest BCUT2D eigenvalue weighted by molar-refractivity contribution is -0.385. The topological polar surface area (TPSA) is 90.7 Å². The molecule has 2 aromatic rings. The fourth-order valence-electron chi connectivity index (χ4n) is 2.22. The molecule has 0 heterocycles. The molecule has 0 fully saturated rings. The predicted octanol–water partition coefficient (Wildman–Crippen LogP) is 3.57. The summed E-state index contributed by atoms with van der Waals surface area (Å²) in [7, 11) is 0. The minimum Gasteiger partial charge on any atom is -0.491 e. The first kappa shape index (κ1) is 18.4. The molecule has 0 bridgehead atoms. The molecule has 1 amide bonds. The minimum atomic E-state index is -0.473. The van der Waals surface area contributed by atoms with Gasteiger partial charge in [-0.1, -0.05) is 6.07 Å². The highest BCUT2D eigenvalue weighted by molar-refractivity contribution is 6.04. The number of amides is 1. The van der Waals surface area contributed by atoms with Crippen LogP contribution in [0.1, 0.15) is 22.8 Å². The Balaban J connectivity index is 2.02. The molecule has 0 unspecified atom stereocenters. The number of nitro benzene ring substituents is 1. The van der Waals surface area contributed by atoms with Gasteiger partial charge < -0.3 is 14.8 Å². The number of carbonyl (C=O) groups excluding carboxylic acids is 1. The highest BCUT2D eigenvalue weighted by Crippen LogP contribution is 2.25. The van der Waals surface area contributed by atoms with Gasteiger partial charge in [-0.25, -0.2) is 0 Å². The van der Waals surface area contributed by atoms with Crippen LogP contribution < -0.4 is 10.1 Å². The van der Waals surface area contributed by atoms with E-state index in [1.165, 1.54) is 12.1 Å². The van der Waals surface area contributed by atoms with Gasteiger partial charge in [-0.2, -0.15) is 0 Å². The maximum Gasteiger partial charge on any atom is 0.274 e. The summed E-state index contributed by atoms with van der Waals surface area (Å²) in [5.41, 5.74) is 1.23. The fraction of sp³-hybridized carbons (Fsp3) is 0.278. The molecule has 0 radical (unpaired) electrons.